The number of rotatable bonds is 2. The molecule has 3 rings (SSSR count). The molecule has 1 N–H and O–H groups in total. The fraction of sp³-hybridized carbons (Fsp3) is 0.312. The van der Waals surface area contributed by atoms with Gasteiger partial charge in [0.15, 0.2) is 0 Å². The van der Waals surface area contributed by atoms with E-state index in [1.165, 1.54) is 5.56 Å². The van der Waals surface area contributed by atoms with E-state index in [-0.39, 0.29) is 5.91 Å². The number of hydrogen-bond acceptors (Lipinski definition) is 3. The Hall–Kier alpha value is -2.07. The van der Waals surface area contributed by atoms with Crippen molar-refractivity contribution in [2.75, 3.05) is 6.54 Å². The summed E-state index contributed by atoms with van der Waals surface area (Å²) in [5.41, 5.74) is 3.15. The van der Waals surface area contributed by atoms with Crippen LogP contribution in [-0.4, -0.2) is 22.5 Å². The highest BCUT2D eigenvalue weighted by Gasteiger charge is 2.20. The van der Waals surface area contributed by atoms with Gasteiger partial charge in [-0.1, -0.05) is 18.2 Å². The molecule has 1 atom stereocenters. The van der Waals surface area contributed by atoms with E-state index in [9.17, 15) is 9.90 Å². The third kappa shape index (κ3) is 2.34. The lowest BCUT2D eigenvalue weighted by molar-refractivity contribution is -0.129. The van der Waals surface area contributed by atoms with Gasteiger partial charge in [0.1, 0.15) is 11.9 Å². The normalized spacial score (nSPS) is 15.8. The van der Waals surface area contributed by atoms with Crippen molar-refractivity contribution in [1.82, 2.24) is 4.90 Å². The number of carbonyl (C=O) groups is 1. The molecule has 1 aromatic carbocycles. The Morgan fingerprint density at radius 1 is 1.35 bits per heavy atom. The highest BCUT2D eigenvalue weighted by Crippen LogP contribution is 2.27. The second-order valence-corrected chi connectivity index (χ2v) is 5.14. The first-order valence-corrected chi connectivity index (χ1v) is 6.74. The van der Waals surface area contributed by atoms with Gasteiger partial charge in [-0.2, -0.15) is 0 Å². The minimum atomic E-state index is -0.761. The molecule has 4 nitrogen and oxygen atoms in total. The first-order valence-electron chi connectivity index (χ1n) is 6.74. The van der Waals surface area contributed by atoms with Crippen molar-refractivity contribution in [3.63, 3.8) is 0 Å². The molecule has 104 valence electrons. The van der Waals surface area contributed by atoms with E-state index in [4.69, 9.17) is 4.42 Å². The van der Waals surface area contributed by atoms with Gasteiger partial charge < -0.3 is 14.4 Å². The molecule has 0 fully saturated rings. The molecule has 0 aliphatic carbocycles. The Morgan fingerprint density at radius 3 is 2.90 bits per heavy atom. The lowest BCUT2D eigenvalue weighted by Crippen LogP contribution is -2.34. The molecule has 2 heterocycles. The zero-order valence-electron chi connectivity index (χ0n) is 11.4. The Morgan fingerprint density at radius 2 is 2.20 bits per heavy atom. The topological polar surface area (TPSA) is 53.7 Å². The molecule has 1 amide bonds. The van der Waals surface area contributed by atoms with Gasteiger partial charge in [0.05, 0.1) is 6.26 Å². The van der Waals surface area contributed by atoms with Crippen LogP contribution >= 0.6 is 0 Å². The summed E-state index contributed by atoms with van der Waals surface area (Å²) in [5, 5.41) is 10.3. The van der Waals surface area contributed by atoms with Crippen LogP contribution in [0.15, 0.2) is 41.0 Å². The number of aliphatic hydroxyl groups is 1. The quantitative estimate of drug-likeness (QED) is 0.911. The smallest absolute Gasteiger partial charge is 0.219 e. The molecule has 1 aromatic heterocycles. The SMILES string of the molecule is CC(=O)N1CCc2ccc(C(O)c3ccco3)cc2C1. The second-order valence-electron chi connectivity index (χ2n) is 5.14. The fourth-order valence-electron chi connectivity index (χ4n) is 2.63. The molecule has 0 saturated carbocycles. The Kier molecular flexibility index (Phi) is 3.32. The van der Waals surface area contributed by atoms with Crippen molar-refractivity contribution in [1.29, 1.82) is 0 Å². The predicted octanol–water partition coefficient (Wildman–Crippen LogP) is 2.27. The van der Waals surface area contributed by atoms with Crippen LogP contribution in [0.5, 0.6) is 0 Å². The van der Waals surface area contributed by atoms with Crippen LogP contribution < -0.4 is 0 Å². The first-order chi connectivity index (χ1) is 9.65. The monoisotopic (exact) mass is 271 g/mol. The zero-order chi connectivity index (χ0) is 14.1. The lowest BCUT2D eigenvalue weighted by Gasteiger charge is -2.28. The van der Waals surface area contributed by atoms with Gasteiger partial charge in [-0.3, -0.25) is 4.79 Å². The van der Waals surface area contributed by atoms with Crippen LogP contribution in [0.3, 0.4) is 0 Å². The molecule has 0 bridgehead atoms. The largest absolute Gasteiger partial charge is 0.466 e. The molecule has 0 saturated heterocycles. The second kappa shape index (κ2) is 5.13. The maximum absolute atomic E-state index is 11.5. The molecule has 0 radical (unpaired) electrons. The molecule has 1 aliphatic rings. The average Bonchev–Trinajstić information content (AvgIpc) is 2.99. The van der Waals surface area contributed by atoms with Crippen molar-refractivity contribution in [3.05, 3.63) is 59.0 Å². The van der Waals surface area contributed by atoms with Crippen molar-refractivity contribution >= 4 is 5.91 Å². The number of hydrogen-bond donors (Lipinski definition) is 1. The summed E-state index contributed by atoms with van der Waals surface area (Å²) in [6.45, 7) is 2.97. The number of nitrogens with zero attached hydrogens (tertiary/aromatic N) is 1. The number of amides is 1. The molecular weight excluding hydrogens is 254 g/mol. The fourth-order valence-corrected chi connectivity index (χ4v) is 2.63. The van der Waals surface area contributed by atoms with Gasteiger partial charge in [-0.15, -0.1) is 0 Å². The van der Waals surface area contributed by atoms with Gasteiger partial charge in [-0.25, -0.2) is 0 Å². The average molecular weight is 271 g/mol. The number of aliphatic hydroxyl groups excluding tert-OH is 1. The van der Waals surface area contributed by atoms with E-state index in [1.54, 1.807) is 25.3 Å². The summed E-state index contributed by atoms with van der Waals surface area (Å²) in [6, 6.07) is 9.45. The van der Waals surface area contributed by atoms with Gasteiger partial charge >= 0.3 is 0 Å². The summed E-state index contributed by atoms with van der Waals surface area (Å²) in [5.74, 6) is 0.622. The van der Waals surface area contributed by atoms with Crippen LogP contribution in [-0.2, 0) is 17.8 Å². The minimum Gasteiger partial charge on any atom is -0.466 e. The highest BCUT2D eigenvalue weighted by atomic mass is 16.4. The molecule has 0 spiro atoms. The number of carbonyl (C=O) groups excluding carboxylic acids is 1. The number of benzene rings is 1. The van der Waals surface area contributed by atoms with E-state index < -0.39 is 6.10 Å². The summed E-state index contributed by atoms with van der Waals surface area (Å²) in [6.07, 6.45) is 1.66. The molecule has 1 aliphatic heterocycles. The molecule has 20 heavy (non-hydrogen) atoms. The Bertz CT molecular complexity index is 619. The molecule has 1 unspecified atom stereocenters. The van der Waals surface area contributed by atoms with Crippen molar-refractivity contribution < 1.29 is 14.3 Å². The number of fused-ring (bicyclic) bond motifs is 1. The summed E-state index contributed by atoms with van der Waals surface area (Å²) in [7, 11) is 0. The van der Waals surface area contributed by atoms with Crippen LogP contribution in [0, 0.1) is 0 Å². The van der Waals surface area contributed by atoms with Crippen LogP contribution in [0.1, 0.15) is 35.5 Å². The van der Waals surface area contributed by atoms with Crippen LogP contribution in [0.25, 0.3) is 0 Å². The van der Waals surface area contributed by atoms with Gasteiger partial charge in [0, 0.05) is 20.0 Å². The maximum atomic E-state index is 11.5. The van der Waals surface area contributed by atoms with Crippen LogP contribution in [0.2, 0.25) is 0 Å². The van der Waals surface area contributed by atoms with Gasteiger partial charge in [0.25, 0.3) is 0 Å². The van der Waals surface area contributed by atoms with E-state index in [0.717, 1.165) is 24.1 Å². The van der Waals surface area contributed by atoms with E-state index >= 15 is 0 Å². The lowest BCUT2D eigenvalue weighted by atomic mass is 9.95. The standard InChI is InChI=1S/C16H17NO3/c1-11(18)17-7-6-12-4-5-13(9-14(12)10-17)16(19)15-3-2-8-20-15/h2-5,8-9,16,19H,6-7,10H2,1H3. The van der Waals surface area contributed by atoms with Crippen molar-refractivity contribution in [2.45, 2.75) is 26.0 Å². The summed E-state index contributed by atoms with van der Waals surface area (Å²) < 4.78 is 5.24. The molecule has 4 heteroatoms. The third-order valence-electron chi connectivity index (χ3n) is 3.82. The number of furan rings is 1. The van der Waals surface area contributed by atoms with Crippen molar-refractivity contribution in [2.24, 2.45) is 0 Å². The summed E-state index contributed by atoms with van der Waals surface area (Å²) >= 11 is 0. The molecule has 2 aromatic rings. The highest BCUT2D eigenvalue weighted by molar-refractivity contribution is 5.73. The Labute approximate surface area is 117 Å². The molecular formula is C16H17NO3. The maximum Gasteiger partial charge on any atom is 0.219 e. The van der Waals surface area contributed by atoms with E-state index in [1.807, 2.05) is 23.1 Å². The first kappa shape index (κ1) is 12.9. The van der Waals surface area contributed by atoms with Crippen LogP contribution in [0.4, 0.5) is 0 Å². The Balaban J connectivity index is 1.89. The van der Waals surface area contributed by atoms with E-state index in [2.05, 4.69) is 0 Å². The third-order valence-corrected chi connectivity index (χ3v) is 3.82. The zero-order valence-corrected chi connectivity index (χ0v) is 11.4. The van der Waals surface area contributed by atoms with Gasteiger partial charge in [0.2, 0.25) is 5.91 Å². The minimum absolute atomic E-state index is 0.0904. The van der Waals surface area contributed by atoms with Gasteiger partial charge in [-0.05, 0) is 35.2 Å². The summed E-state index contributed by atoms with van der Waals surface area (Å²) in [4.78, 5) is 13.3. The predicted molar refractivity (Wildman–Crippen MR) is 74.0 cm³/mol. The van der Waals surface area contributed by atoms with Crippen molar-refractivity contribution in [3.8, 4) is 0 Å². The van der Waals surface area contributed by atoms with E-state index in [0.29, 0.717) is 12.3 Å².